The van der Waals surface area contributed by atoms with E-state index in [1.165, 1.54) is 30.6 Å². The molecule has 4 saturated carbocycles. The molecular weight excluding hydrogens is 310 g/mol. The number of ether oxygens (including phenoxy) is 1. The number of amides is 1. The van der Waals surface area contributed by atoms with Gasteiger partial charge in [-0.2, -0.15) is 0 Å². The third-order valence-electron chi connectivity index (χ3n) is 5.87. The van der Waals surface area contributed by atoms with Crippen LogP contribution in [-0.2, 0) is 16.0 Å². The van der Waals surface area contributed by atoms with Crippen molar-refractivity contribution in [1.29, 1.82) is 0 Å². The van der Waals surface area contributed by atoms with E-state index in [0.29, 0.717) is 18.3 Å². The van der Waals surface area contributed by atoms with Crippen LogP contribution in [0.15, 0.2) is 0 Å². The summed E-state index contributed by atoms with van der Waals surface area (Å²) in [4.78, 5) is 12.9. The van der Waals surface area contributed by atoms with Crippen LogP contribution in [0.5, 0.6) is 0 Å². The zero-order valence-corrected chi connectivity index (χ0v) is 14.5. The number of nitrogens with one attached hydrogen (secondary N) is 1. The lowest BCUT2D eigenvalue weighted by Crippen LogP contribution is -2.51. The van der Waals surface area contributed by atoms with Crippen molar-refractivity contribution in [3.05, 3.63) is 5.01 Å². The Labute approximate surface area is 141 Å². The number of hydrogen-bond acceptors (Lipinski definition) is 5. The maximum Gasteiger partial charge on any atom is 0.232 e. The molecule has 1 aromatic rings. The fourth-order valence-corrected chi connectivity index (χ4v) is 6.04. The Balaban J connectivity index is 1.40. The number of hydrogen-bond donors (Lipinski definition) is 1. The van der Waals surface area contributed by atoms with Gasteiger partial charge in [-0.05, 0) is 63.2 Å². The molecule has 0 aromatic carbocycles. The Morgan fingerprint density at radius 2 is 1.87 bits per heavy atom. The zero-order valence-electron chi connectivity index (χ0n) is 13.7. The van der Waals surface area contributed by atoms with Crippen LogP contribution in [0.4, 0.5) is 5.13 Å². The molecule has 4 fully saturated rings. The summed E-state index contributed by atoms with van der Waals surface area (Å²) in [7, 11) is 0. The summed E-state index contributed by atoms with van der Waals surface area (Å²) in [6, 6.07) is 0. The minimum Gasteiger partial charge on any atom is -0.381 e. The highest BCUT2D eigenvalue weighted by Crippen LogP contribution is 2.60. The van der Waals surface area contributed by atoms with Crippen molar-refractivity contribution < 1.29 is 9.53 Å². The Morgan fingerprint density at radius 3 is 2.48 bits per heavy atom. The molecule has 0 atom stereocenters. The van der Waals surface area contributed by atoms with Gasteiger partial charge in [0.1, 0.15) is 5.01 Å². The molecule has 126 valence electrons. The summed E-state index contributed by atoms with van der Waals surface area (Å²) in [5.74, 6) is 2.54. The van der Waals surface area contributed by atoms with E-state index in [0.717, 1.165) is 48.4 Å². The van der Waals surface area contributed by atoms with E-state index in [-0.39, 0.29) is 11.3 Å². The van der Waals surface area contributed by atoms with Gasteiger partial charge < -0.3 is 10.1 Å². The van der Waals surface area contributed by atoms with Gasteiger partial charge >= 0.3 is 0 Å². The van der Waals surface area contributed by atoms with Gasteiger partial charge in [0.05, 0.1) is 12.0 Å². The van der Waals surface area contributed by atoms with Crippen molar-refractivity contribution in [2.45, 2.75) is 51.9 Å². The Bertz CT molecular complexity index is 551. The van der Waals surface area contributed by atoms with Gasteiger partial charge in [0.15, 0.2) is 0 Å². The van der Waals surface area contributed by atoms with Gasteiger partial charge in [-0.3, -0.25) is 4.79 Å². The topological polar surface area (TPSA) is 64.1 Å². The van der Waals surface area contributed by atoms with Gasteiger partial charge in [-0.15, -0.1) is 10.2 Å². The Hall–Kier alpha value is -1.01. The van der Waals surface area contributed by atoms with Gasteiger partial charge in [-0.1, -0.05) is 11.3 Å². The minimum absolute atomic E-state index is 0.119. The fourth-order valence-electron chi connectivity index (χ4n) is 5.33. The number of aromatic nitrogens is 2. The largest absolute Gasteiger partial charge is 0.381 e. The van der Waals surface area contributed by atoms with Crippen molar-refractivity contribution >= 4 is 22.4 Å². The number of rotatable bonds is 6. The first-order valence-corrected chi connectivity index (χ1v) is 9.70. The molecule has 0 unspecified atom stereocenters. The van der Waals surface area contributed by atoms with Crippen LogP contribution in [0.3, 0.4) is 0 Å². The van der Waals surface area contributed by atoms with Gasteiger partial charge in [-0.25, -0.2) is 0 Å². The lowest BCUT2D eigenvalue weighted by atomic mass is 9.49. The fraction of sp³-hybridized carbons (Fsp3) is 0.824. The maximum absolute atomic E-state index is 12.9. The zero-order chi connectivity index (χ0) is 15.9. The molecule has 1 amide bonds. The van der Waals surface area contributed by atoms with Crippen LogP contribution in [0.25, 0.3) is 0 Å². The van der Waals surface area contributed by atoms with Crippen LogP contribution in [0, 0.1) is 23.2 Å². The highest BCUT2D eigenvalue weighted by atomic mass is 32.1. The van der Waals surface area contributed by atoms with Crippen molar-refractivity contribution in [2.75, 3.05) is 18.5 Å². The molecule has 4 aliphatic carbocycles. The van der Waals surface area contributed by atoms with E-state index >= 15 is 0 Å². The number of carbonyl (C=O) groups excluding carboxylic acids is 1. The predicted octanol–water partition coefficient (Wildman–Crippen LogP) is 3.27. The third-order valence-corrected chi connectivity index (χ3v) is 6.77. The Kier molecular flexibility index (Phi) is 4.13. The molecule has 4 bridgehead atoms. The van der Waals surface area contributed by atoms with Crippen molar-refractivity contribution in [3.8, 4) is 0 Å². The molecule has 0 saturated heterocycles. The predicted molar refractivity (Wildman–Crippen MR) is 89.3 cm³/mol. The van der Waals surface area contributed by atoms with Gasteiger partial charge in [0.25, 0.3) is 0 Å². The van der Waals surface area contributed by atoms with E-state index in [9.17, 15) is 4.79 Å². The van der Waals surface area contributed by atoms with Crippen molar-refractivity contribution in [2.24, 2.45) is 23.2 Å². The van der Waals surface area contributed by atoms with E-state index in [1.807, 2.05) is 6.92 Å². The average molecular weight is 335 g/mol. The number of nitrogens with zero attached hydrogens (tertiary/aromatic N) is 2. The van der Waals surface area contributed by atoms with Crippen molar-refractivity contribution in [3.63, 3.8) is 0 Å². The average Bonchev–Trinajstić information content (AvgIpc) is 2.93. The van der Waals surface area contributed by atoms with Crippen LogP contribution in [0.2, 0.25) is 0 Å². The molecule has 5 rings (SSSR count). The van der Waals surface area contributed by atoms with Crippen molar-refractivity contribution in [1.82, 2.24) is 10.2 Å². The minimum atomic E-state index is -0.119. The number of anilines is 1. The summed E-state index contributed by atoms with van der Waals surface area (Å²) in [5, 5.41) is 13.0. The molecule has 4 aliphatic rings. The summed E-state index contributed by atoms with van der Waals surface area (Å²) in [6.07, 6.45) is 8.08. The maximum atomic E-state index is 12.9. The first kappa shape index (κ1) is 15.5. The summed E-state index contributed by atoms with van der Waals surface area (Å²) in [6.45, 7) is 3.36. The molecule has 1 heterocycles. The highest BCUT2D eigenvalue weighted by Gasteiger charge is 2.54. The Morgan fingerprint density at radius 1 is 1.22 bits per heavy atom. The molecule has 0 spiro atoms. The molecule has 23 heavy (non-hydrogen) atoms. The van der Waals surface area contributed by atoms with Crippen LogP contribution in [-0.4, -0.2) is 29.3 Å². The van der Waals surface area contributed by atoms with E-state index in [2.05, 4.69) is 15.5 Å². The molecule has 5 nitrogen and oxygen atoms in total. The lowest BCUT2D eigenvalue weighted by Gasteiger charge is -2.55. The first-order chi connectivity index (χ1) is 11.2. The highest BCUT2D eigenvalue weighted by molar-refractivity contribution is 7.15. The molecule has 1 aromatic heterocycles. The first-order valence-electron chi connectivity index (χ1n) is 8.88. The summed E-state index contributed by atoms with van der Waals surface area (Å²) < 4.78 is 5.34. The molecule has 6 heteroatoms. The van der Waals surface area contributed by atoms with Crippen LogP contribution < -0.4 is 5.32 Å². The summed E-state index contributed by atoms with van der Waals surface area (Å²) in [5.41, 5.74) is -0.119. The van der Waals surface area contributed by atoms with Crippen LogP contribution in [0.1, 0.15) is 50.5 Å². The monoisotopic (exact) mass is 335 g/mol. The van der Waals surface area contributed by atoms with E-state index in [1.54, 1.807) is 0 Å². The second-order valence-corrected chi connectivity index (χ2v) is 8.66. The van der Waals surface area contributed by atoms with Gasteiger partial charge in [0.2, 0.25) is 11.0 Å². The molecule has 0 radical (unpaired) electrons. The molecule has 0 aliphatic heterocycles. The smallest absolute Gasteiger partial charge is 0.232 e. The quantitative estimate of drug-likeness (QED) is 0.810. The van der Waals surface area contributed by atoms with Gasteiger partial charge in [0, 0.05) is 13.0 Å². The number of carbonyl (C=O) groups is 1. The van der Waals surface area contributed by atoms with Crippen LogP contribution >= 0.6 is 11.3 Å². The van der Waals surface area contributed by atoms with E-state index < -0.39 is 0 Å². The molecule has 1 N–H and O–H groups in total. The van der Waals surface area contributed by atoms with E-state index in [4.69, 9.17) is 4.74 Å². The summed E-state index contributed by atoms with van der Waals surface area (Å²) >= 11 is 1.48. The molecular formula is C17H25N3O2S. The SMILES string of the molecule is CCOCCc1nnc(NC(=O)C23CC4CC(CC(C4)C2)C3)s1. The second-order valence-electron chi connectivity index (χ2n) is 7.60. The second kappa shape index (κ2) is 6.13. The standard InChI is InChI=1S/C17H25N3O2S/c1-2-22-4-3-14-19-20-16(23-14)18-15(21)17-8-11-5-12(9-17)7-13(6-11)10-17/h11-13H,2-10H2,1H3,(H,18,20,21). The lowest BCUT2D eigenvalue weighted by molar-refractivity contribution is -0.140. The third kappa shape index (κ3) is 3.03. The normalized spacial score (nSPS) is 34.7.